The van der Waals surface area contributed by atoms with Crippen LogP contribution < -0.4 is 10.1 Å². The van der Waals surface area contributed by atoms with Gasteiger partial charge in [-0.05, 0) is 37.5 Å². The zero-order chi connectivity index (χ0) is 24.1. The molecule has 1 aromatic carbocycles. The van der Waals surface area contributed by atoms with Gasteiger partial charge in [-0.25, -0.2) is 0 Å². The topological polar surface area (TPSA) is 96.8 Å². The van der Waals surface area contributed by atoms with E-state index in [4.69, 9.17) is 4.74 Å². The van der Waals surface area contributed by atoms with Crippen molar-refractivity contribution in [1.82, 2.24) is 24.9 Å². The van der Waals surface area contributed by atoms with Gasteiger partial charge in [-0.2, -0.15) is 5.10 Å². The molecule has 1 fully saturated rings. The minimum absolute atomic E-state index is 0.0442. The minimum atomic E-state index is -0.161. The van der Waals surface area contributed by atoms with E-state index in [2.05, 4.69) is 10.4 Å². The average Bonchev–Trinajstić information content (AvgIpc) is 3.50. The number of rotatable bonds is 8. The van der Waals surface area contributed by atoms with Crippen LogP contribution in [0.15, 0.2) is 24.3 Å². The lowest BCUT2D eigenvalue weighted by Crippen LogP contribution is -2.38. The quantitative estimate of drug-likeness (QED) is 0.641. The monoisotopic (exact) mass is 467 g/mol. The Kier molecular flexibility index (Phi) is 7.49. The van der Waals surface area contributed by atoms with Crippen LogP contribution in [0.25, 0.3) is 0 Å². The van der Waals surface area contributed by atoms with Gasteiger partial charge in [0.25, 0.3) is 5.91 Å². The molecule has 1 N–H and O–H groups in total. The Balaban J connectivity index is 1.28. The predicted octanol–water partition coefficient (Wildman–Crippen LogP) is 2.04. The number of aryl methyl sites for hydroxylation is 1. The number of hydrogen-bond acceptors (Lipinski definition) is 5. The Morgan fingerprint density at radius 3 is 2.47 bits per heavy atom. The molecule has 2 aliphatic heterocycles. The lowest BCUT2D eigenvalue weighted by Gasteiger charge is -2.28. The molecule has 1 aromatic heterocycles. The summed E-state index contributed by atoms with van der Waals surface area (Å²) in [5.74, 6) is 0.514. The van der Waals surface area contributed by atoms with E-state index in [-0.39, 0.29) is 30.6 Å². The number of carbonyl (C=O) groups excluding carboxylic acids is 3. The number of fused-ring (bicyclic) bond motifs is 1. The third-order valence-electron chi connectivity index (χ3n) is 6.48. The third kappa shape index (κ3) is 5.40. The van der Waals surface area contributed by atoms with Crippen LogP contribution in [0.1, 0.15) is 59.9 Å². The number of ether oxygens (including phenoxy) is 1. The van der Waals surface area contributed by atoms with Crippen molar-refractivity contribution in [2.24, 2.45) is 7.05 Å². The summed E-state index contributed by atoms with van der Waals surface area (Å²) in [6.45, 7) is 5.41. The summed E-state index contributed by atoms with van der Waals surface area (Å²) in [4.78, 5) is 41.7. The molecular weight excluding hydrogens is 434 g/mol. The van der Waals surface area contributed by atoms with Crippen LogP contribution in [-0.4, -0.2) is 63.5 Å². The third-order valence-corrected chi connectivity index (χ3v) is 6.48. The van der Waals surface area contributed by atoms with E-state index < -0.39 is 0 Å². The highest BCUT2D eigenvalue weighted by atomic mass is 16.5. The maximum Gasteiger partial charge on any atom is 0.274 e. The highest BCUT2D eigenvalue weighted by Crippen LogP contribution is 2.25. The molecule has 0 aliphatic carbocycles. The Labute approximate surface area is 200 Å². The molecule has 0 saturated carbocycles. The van der Waals surface area contributed by atoms with Crippen LogP contribution in [0.3, 0.4) is 0 Å². The standard InChI is InChI=1S/C25H33N5O4/c1-3-34-19-8-6-18(7-9-19)16-26-22(31)10-11-23(32)30-15-12-21-20(17-30)24(27-28(21)2)25(33)29-13-4-5-14-29/h6-9H,3-5,10-17H2,1-2H3,(H,26,31). The summed E-state index contributed by atoms with van der Waals surface area (Å²) < 4.78 is 7.20. The molecule has 182 valence electrons. The number of hydrogen-bond donors (Lipinski definition) is 1. The van der Waals surface area contributed by atoms with Crippen molar-refractivity contribution in [3.05, 3.63) is 46.8 Å². The molecule has 1 saturated heterocycles. The van der Waals surface area contributed by atoms with Crippen molar-refractivity contribution in [3.8, 4) is 5.75 Å². The summed E-state index contributed by atoms with van der Waals surface area (Å²) in [5, 5.41) is 7.36. The Bertz CT molecular complexity index is 1040. The van der Waals surface area contributed by atoms with E-state index in [1.165, 1.54) is 0 Å². The Morgan fingerprint density at radius 1 is 1.03 bits per heavy atom. The van der Waals surface area contributed by atoms with Crippen LogP contribution in [0.4, 0.5) is 0 Å². The molecule has 4 rings (SSSR count). The van der Waals surface area contributed by atoms with Crippen LogP contribution in [0.2, 0.25) is 0 Å². The zero-order valence-electron chi connectivity index (χ0n) is 20.0. The van der Waals surface area contributed by atoms with Gasteiger partial charge in [0.1, 0.15) is 5.75 Å². The molecule has 3 heterocycles. The lowest BCUT2D eigenvalue weighted by molar-refractivity contribution is -0.134. The first-order chi connectivity index (χ1) is 16.5. The van der Waals surface area contributed by atoms with Gasteiger partial charge in [0, 0.05) is 70.3 Å². The lowest BCUT2D eigenvalue weighted by atomic mass is 10.0. The number of nitrogens with zero attached hydrogens (tertiary/aromatic N) is 4. The Morgan fingerprint density at radius 2 is 1.76 bits per heavy atom. The number of amides is 3. The number of aromatic nitrogens is 2. The fraction of sp³-hybridized carbons (Fsp3) is 0.520. The highest BCUT2D eigenvalue weighted by molar-refractivity contribution is 5.94. The molecular formula is C25H33N5O4. The SMILES string of the molecule is CCOc1ccc(CNC(=O)CCC(=O)N2CCc3c(c(C(=O)N4CCCC4)nn3C)C2)cc1. The summed E-state index contributed by atoms with van der Waals surface area (Å²) in [6.07, 6.45) is 2.96. The second-order valence-electron chi connectivity index (χ2n) is 8.82. The number of nitrogens with one attached hydrogen (secondary N) is 1. The molecule has 9 heteroatoms. The summed E-state index contributed by atoms with van der Waals surface area (Å²) in [5.41, 5.74) is 3.29. The van der Waals surface area contributed by atoms with Gasteiger partial charge < -0.3 is 19.9 Å². The largest absolute Gasteiger partial charge is 0.494 e. The molecule has 0 bridgehead atoms. The number of likely N-dealkylation sites (tertiary alicyclic amines) is 1. The van der Waals surface area contributed by atoms with Crippen molar-refractivity contribution in [2.75, 3.05) is 26.2 Å². The van der Waals surface area contributed by atoms with Crippen molar-refractivity contribution >= 4 is 17.7 Å². The molecule has 2 aliphatic rings. The van der Waals surface area contributed by atoms with Crippen LogP contribution in [0, 0.1) is 0 Å². The van der Waals surface area contributed by atoms with E-state index in [0.29, 0.717) is 38.4 Å². The highest BCUT2D eigenvalue weighted by Gasteiger charge is 2.31. The van der Waals surface area contributed by atoms with Gasteiger partial charge in [-0.3, -0.25) is 19.1 Å². The number of benzene rings is 1. The van der Waals surface area contributed by atoms with E-state index in [0.717, 1.165) is 48.5 Å². The molecule has 9 nitrogen and oxygen atoms in total. The minimum Gasteiger partial charge on any atom is -0.494 e. The van der Waals surface area contributed by atoms with E-state index >= 15 is 0 Å². The average molecular weight is 468 g/mol. The zero-order valence-corrected chi connectivity index (χ0v) is 20.0. The van der Waals surface area contributed by atoms with Gasteiger partial charge in [-0.1, -0.05) is 12.1 Å². The molecule has 0 atom stereocenters. The Hall–Kier alpha value is -3.36. The van der Waals surface area contributed by atoms with Crippen LogP contribution in [-0.2, 0) is 36.1 Å². The smallest absolute Gasteiger partial charge is 0.274 e. The van der Waals surface area contributed by atoms with Crippen molar-refractivity contribution in [1.29, 1.82) is 0 Å². The van der Waals surface area contributed by atoms with Crippen LogP contribution >= 0.6 is 0 Å². The van der Waals surface area contributed by atoms with Gasteiger partial charge in [-0.15, -0.1) is 0 Å². The predicted molar refractivity (Wildman–Crippen MR) is 126 cm³/mol. The maximum absolute atomic E-state index is 13.0. The van der Waals surface area contributed by atoms with Crippen molar-refractivity contribution in [2.45, 2.75) is 52.1 Å². The van der Waals surface area contributed by atoms with Crippen LogP contribution in [0.5, 0.6) is 5.75 Å². The van der Waals surface area contributed by atoms with Crippen molar-refractivity contribution in [3.63, 3.8) is 0 Å². The normalized spacial score (nSPS) is 15.2. The summed E-state index contributed by atoms with van der Waals surface area (Å²) >= 11 is 0. The molecule has 3 amide bonds. The fourth-order valence-corrected chi connectivity index (χ4v) is 4.58. The summed E-state index contributed by atoms with van der Waals surface area (Å²) in [6, 6.07) is 7.58. The molecule has 0 spiro atoms. The second-order valence-corrected chi connectivity index (χ2v) is 8.82. The second kappa shape index (κ2) is 10.7. The first kappa shape index (κ1) is 23.8. The van der Waals surface area contributed by atoms with E-state index in [1.54, 1.807) is 9.58 Å². The van der Waals surface area contributed by atoms with E-state index in [1.807, 2.05) is 43.1 Å². The van der Waals surface area contributed by atoms with Gasteiger partial charge in [0.2, 0.25) is 11.8 Å². The molecule has 0 unspecified atom stereocenters. The fourth-order valence-electron chi connectivity index (χ4n) is 4.58. The first-order valence-corrected chi connectivity index (χ1v) is 12.1. The van der Waals surface area contributed by atoms with E-state index in [9.17, 15) is 14.4 Å². The maximum atomic E-state index is 13.0. The molecule has 34 heavy (non-hydrogen) atoms. The molecule has 0 radical (unpaired) electrons. The first-order valence-electron chi connectivity index (χ1n) is 12.1. The number of carbonyl (C=O) groups is 3. The van der Waals surface area contributed by atoms with Gasteiger partial charge >= 0.3 is 0 Å². The molecule has 2 aromatic rings. The summed E-state index contributed by atoms with van der Waals surface area (Å²) in [7, 11) is 1.85. The van der Waals surface area contributed by atoms with Crippen molar-refractivity contribution < 1.29 is 19.1 Å². The van der Waals surface area contributed by atoms with Gasteiger partial charge in [0.05, 0.1) is 6.61 Å². The van der Waals surface area contributed by atoms with Gasteiger partial charge in [0.15, 0.2) is 5.69 Å².